The van der Waals surface area contributed by atoms with Gasteiger partial charge in [-0.05, 0) is 18.4 Å². The Labute approximate surface area is 59.6 Å². The molecule has 0 aromatic rings. The Morgan fingerprint density at radius 2 is 1.11 bits per heavy atom. The van der Waals surface area contributed by atoms with Gasteiger partial charge in [-0.3, -0.25) is 0 Å². The summed E-state index contributed by atoms with van der Waals surface area (Å²) in [5, 5.41) is 0. The van der Waals surface area contributed by atoms with E-state index in [0.717, 1.165) is 18.4 Å². The maximum absolute atomic E-state index is 4.85. The summed E-state index contributed by atoms with van der Waals surface area (Å²) >= 11 is 0. The molecule has 0 fully saturated rings. The molecule has 0 atom stereocenters. The van der Waals surface area contributed by atoms with Crippen molar-refractivity contribution in [2.45, 2.75) is 34.6 Å². The van der Waals surface area contributed by atoms with Gasteiger partial charge < -0.3 is 5.73 Å². The molecule has 0 heterocycles. The zero-order valence-electron chi connectivity index (χ0n) is 7.44. The molecule has 1 nitrogen and oxygen atoms in total. The van der Waals surface area contributed by atoms with E-state index in [1.807, 2.05) is 6.92 Å². The molecular formula is C8H21N. The van der Waals surface area contributed by atoms with E-state index in [1.165, 1.54) is 0 Å². The summed E-state index contributed by atoms with van der Waals surface area (Å²) < 4.78 is 0. The van der Waals surface area contributed by atoms with Crippen LogP contribution in [0, 0.1) is 11.8 Å². The standard InChI is InChI=1S/C6H14.C2H7N/c1-5(2)6(3)4;1-2-3/h5-6H,1-4H3;2-3H2,1H3. The molecule has 0 unspecified atom stereocenters. The monoisotopic (exact) mass is 131 g/mol. The smallest absolute Gasteiger partial charge is 0.0106 e. The van der Waals surface area contributed by atoms with Gasteiger partial charge in [0.15, 0.2) is 0 Å². The second-order valence-corrected chi connectivity index (χ2v) is 2.90. The third-order valence-corrected chi connectivity index (χ3v) is 1.33. The molecular weight excluding hydrogens is 110 g/mol. The summed E-state index contributed by atoms with van der Waals surface area (Å²) in [6.45, 7) is 11.6. The minimum absolute atomic E-state index is 0.750. The van der Waals surface area contributed by atoms with Gasteiger partial charge >= 0.3 is 0 Å². The van der Waals surface area contributed by atoms with E-state index >= 15 is 0 Å². The predicted octanol–water partition coefficient (Wildman–Crippen LogP) is 2.26. The Balaban J connectivity index is 0. The van der Waals surface area contributed by atoms with E-state index < -0.39 is 0 Å². The molecule has 0 saturated carbocycles. The zero-order chi connectivity index (χ0) is 7.86. The summed E-state index contributed by atoms with van der Waals surface area (Å²) in [4.78, 5) is 0. The second kappa shape index (κ2) is 7.96. The SMILES string of the molecule is CC(C)C(C)C.CCN. The molecule has 58 valence electrons. The van der Waals surface area contributed by atoms with Gasteiger partial charge in [-0.15, -0.1) is 0 Å². The van der Waals surface area contributed by atoms with Crippen molar-refractivity contribution in [1.82, 2.24) is 0 Å². The lowest BCUT2D eigenvalue weighted by atomic mass is 10.0. The lowest BCUT2D eigenvalue weighted by molar-refractivity contribution is 0.457. The highest BCUT2D eigenvalue weighted by atomic mass is 14.5. The molecule has 9 heavy (non-hydrogen) atoms. The fraction of sp³-hybridized carbons (Fsp3) is 1.00. The molecule has 0 aromatic carbocycles. The predicted molar refractivity (Wildman–Crippen MR) is 44.4 cm³/mol. The highest BCUT2D eigenvalue weighted by Crippen LogP contribution is 2.05. The zero-order valence-corrected chi connectivity index (χ0v) is 7.44. The van der Waals surface area contributed by atoms with Crippen LogP contribution in [0.1, 0.15) is 34.6 Å². The minimum atomic E-state index is 0.750. The fourth-order valence-electron chi connectivity index (χ4n) is 0. The van der Waals surface area contributed by atoms with Crippen LogP contribution in [0.3, 0.4) is 0 Å². The quantitative estimate of drug-likeness (QED) is 0.580. The molecule has 0 amide bonds. The highest BCUT2D eigenvalue weighted by Gasteiger charge is 1.95. The van der Waals surface area contributed by atoms with E-state index in [0.29, 0.717) is 0 Å². The first-order valence-corrected chi connectivity index (χ1v) is 3.76. The number of hydrogen-bond acceptors (Lipinski definition) is 1. The molecule has 0 spiro atoms. The van der Waals surface area contributed by atoms with Crippen molar-refractivity contribution in [2.75, 3.05) is 6.54 Å². The normalized spacial score (nSPS) is 9.33. The van der Waals surface area contributed by atoms with E-state index in [-0.39, 0.29) is 0 Å². The largest absolute Gasteiger partial charge is 0.331 e. The van der Waals surface area contributed by atoms with Crippen LogP contribution in [0.25, 0.3) is 0 Å². The van der Waals surface area contributed by atoms with Gasteiger partial charge in [0, 0.05) is 0 Å². The molecule has 0 bridgehead atoms. The molecule has 2 N–H and O–H groups in total. The third kappa shape index (κ3) is 18.0. The molecule has 0 radical (unpaired) electrons. The van der Waals surface area contributed by atoms with Crippen molar-refractivity contribution in [3.63, 3.8) is 0 Å². The lowest BCUT2D eigenvalue weighted by Gasteiger charge is -2.05. The van der Waals surface area contributed by atoms with E-state index in [2.05, 4.69) is 27.7 Å². The van der Waals surface area contributed by atoms with Gasteiger partial charge in [0.25, 0.3) is 0 Å². The average molecular weight is 131 g/mol. The molecule has 0 aliphatic carbocycles. The Morgan fingerprint density at radius 1 is 1.00 bits per heavy atom. The first-order chi connectivity index (χ1) is 4.06. The van der Waals surface area contributed by atoms with Crippen molar-refractivity contribution in [3.05, 3.63) is 0 Å². The first kappa shape index (κ1) is 11.7. The summed E-state index contributed by atoms with van der Waals surface area (Å²) in [5.41, 5.74) is 4.85. The van der Waals surface area contributed by atoms with Gasteiger partial charge in [-0.1, -0.05) is 34.6 Å². The van der Waals surface area contributed by atoms with Crippen LogP contribution in [-0.2, 0) is 0 Å². The fourth-order valence-corrected chi connectivity index (χ4v) is 0. The van der Waals surface area contributed by atoms with Crippen molar-refractivity contribution >= 4 is 0 Å². The molecule has 0 saturated heterocycles. The van der Waals surface area contributed by atoms with Crippen LogP contribution >= 0.6 is 0 Å². The van der Waals surface area contributed by atoms with Crippen LogP contribution in [0.2, 0.25) is 0 Å². The minimum Gasteiger partial charge on any atom is -0.331 e. The lowest BCUT2D eigenvalue weighted by Crippen LogP contribution is -1.95. The number of rotatable bonds is 1. The topological polar surface area (TPSA) is 26.0 Å². The van der Waals surface area contributed by atoms with Crippen LogP contribution in [0.15, 0.2) is 0 Å². The summed E-state index contributed by atoms with van der Waals surface area (Å²) in [6, 6.07) is 0. The summed E-state index contributed by atoms with van der Waals surface area (Å²) in [6.07, 6.45) is 0. The van der Waals surface area contributed by atoms with Crippen molar-refractivity contribution < 1.29 is 0 Å². The van der Waals surface area contributed by atoms with Crippen LogP contribution < -0.4 is 5.73 Å². The van der Waals surface area contributed by atoms with Crippen LogP contribution in [0.5, 0.6) is 0 Å². The Kier molecular flexibility index (Phi) is 10.4. The van der Waals surface area contributed by atoms with E-state index in [9.17, 15) is 0 Å². The van der Waals surface area contributed by atoms with Crippen molar-refractivity contribution in [3.8, 4) is 0 Å². The van der Waals surface area contributed by atoms with Gasteiger partial charge in [0.1, 0.15) is 0 Å². The first-order valence-electron chi connectivity index (χ1n) is 3.76. The Morgan fingerprint density at radius 3 is 1.11 bits per heavy atom. The average Bonchev–Trinajstić information content (AvgIpc) is 1.68. The van der Waals surface area contributed by atoms with E-state index in [1.54, 1.807) is 0 Å². The Hall–Kier alpha value is -0.0400. The summed E-state index contributed by atoms with van der Waals surface area (Å²) in [7, 11) is 0. The van der Waals surface area contributed by atoms with Crippen molar-refractivity contribution in [1.29, 1.82) is 0 Å². The molecule has 0 aromatic heterocycles. The molecule has 0 rings (SSSR count). The second-order valence-electron chi connectivity index (χ2n) is 2.90. The third-order valence-electron chi connectivity index (χ3n) is 1.33. The highest BCUT2D eigenvalue weighted by molar-refractivity contribution is 4.46. The maximum Gasteiger partial charge on any atom is -0.0106 e. The number of hydrogen-bond donors (Lipinski definition) is 1. The molecule has 1 heteroatoms. The maximum atomic E-state index is 4.85. The Bertz CT molecular complexity index is 33.8. The van der Waals surface area contributed by atoms with Crippen molar-refractivity contribution in [2.24, 2.45) is 17.6 Å². The van der Waals surface area contributed by atoms with Gasteiger partial charge in [0.2, 0.25) is 0 Å². The van der Waals surface area contributed by atoms with E-state index in [4.69, 9.17) is 5.73 Å². The summed E-state index contributed by atoms with van der Waals surface area (Å²) in [5.74, 6) is 1.70. The van der Waals surface area contributed by atoms with Crippen LogP contribution in [-0.4, -0.2) is 6.54 Å². The van der Waals surface area contributed by atoms with Crippen LogP contribution in [0.4, 0.5) is 0 Å². The van der Waals surface area contributed by atoms with Gasteiger partial charge in [-0.25, -0.2) is 0 Å². The molecule has 0 aliphatic rings. The van der Waals surface area contributed by atoms with Gasteiger partial charge in [-0.2, -0.15) is 0 Å². The number of nitrogens with two attached hydrogens (primary N) is 1. The van der Waals surface area contributed by atoms with Gasteiger partial charge in [0.05, 0.1) is 0 Å². The molecule has 0 aliphatic heterocycles.